The molecule has 5 nitrogen and oxygen atoms in total. The summed E-state index contributed by atoms with van der Waals surface area (Å²) in [6, 6.07) is 6.53. The molecule has 1 aromatic carbocycles. The molecule has 1 heterocycles. The number of urea groups is 1. The first kappa shape index (κ1) is 17.9. The molecule has 1 aliphatic rings. The molecule has 0 atom stereocenters. The predicted molar refractivity (Wildman–Crippen MR) is 104 cm³/mol. The lowest BCUT2D eigenvalue weighted by Crippen LogP contribution is -2.19. The number of hydrogen-bond acceptors (Lipinski definition) is 4. The molecule has 4 N–H and O–H groups in total. The lowest BCUT2D eigenvalue weighted by Gasteiger charge is -2.10. The molecule has 8 heteroatoms. The van der Waals surface area contributed by atoms with Gasteiger partial charge in [0.25, 0.3) is 0 Å². The van der Waals surface area contributed by atoms with Crippen LogP contribution in [0, 0.1) is 11.3 Å². The molecule has 0 saturated heterocycles. The van der Waals surface area contributed by atoms with Gasteiger partial charge in [0, 0.05) is 11.3 Å². The van der Waals surface area contributed by atoms with Gasteiger partial charge in [0.15, 0.2) is 0 Å². The second-order valence-electron chi connectivity index (χ2n) is 5.89. The van der Waals surface area contributed by atoms with Crippen molar-refractivity contribution in [2.45, 2.75) is 31.6 Å². The lowest BCUT2D eigenvalue weighted by molar-refractivity contribution is 0.262. The normalized spacial score (nSPS) is 14.3. The lowest BCUT2D eigenvalue weighted by atomic mass is 9.96. The molecule has 1 fully saturated rings. The van der Waals surface area contributed by atoms with Crippen LogP contribution in [0.1, 0.15) is 42.7 Å². The first-order valence-corrected chi connectivity index (χ1v) is 9.42. The van der Waals surface area contributed by atoms with Gasteiger partial charge >= 0.3 is 6.03 Å². The number of anilines is 3. The highest BCUT2D eigenvalue weighted by atomic mass is 35.5. The highest BCUT2D eigenvalue weighted by molar-refractivity contribution is 7.20. The Morgan fingerprint density at radius 3 is 2.60 bits per heavy atom. The van der Waals surface area contributed by atoms with Crippen molar-refractivity contribution in [3.63, 3.8) is 0 Å². The molecule has 3 rings (SSSR count). The van der Waals surface area contributed by atoms with E-state index in [9.17, 15) is 10.1 Å². The van der Waals surface area contributed by atoms with Crippen LogP contribution < -0.4 is 16.4 Å². The smallest absolute Gasteiger partial charge is 0.324 e. The van der Waals surface area contributed by atoms with Gasteiger partial charge in [-0.15, -0.1) is 0 Å². The van der Waals surface area contributed by atoms with Crippen LogP contribution in [0.5, 0.6) is 0 Å². The van der Waals surface area contributed by atoms with Gasteiger partial charge < -0.3 is 11.1 Å². The van der Waals surface area contributed by atoms with Crippen molar-refractivity contribution >= 4 is 56.3 Å². The monoisotopic (exact) mass is 394 g/mol. The van der Waals surface area contributed by atoms with Gasteiger partial charge in [0.1, 0.15) is 11.1 Å². The van der Waals surface area contributed by atoms with Crippen molar-refractivity contribution in [1.29, 1.82) is 5.26 Å². The van der Waals surface area contributed by atoms with Crippen LogP contribution in [0.3, 0.4) is 0 Å². The van der Waals surface area contributed by atoms with Gasteiger partial charge in [0.2, 0.25) is 0 Å². The van der Waals surface area contributed by atoms with Crippen molar-refractivity contribution < 1.29 is 4.79 Å². The molecule has 2 amide bonds. The third kappa shape index (κ3) is 3.84. The number of thiophene rings is 1. The van der Waals surface area contributed by atoms with Crippen LogP contribution in [0.4, 0.5) is 20.5 Å². The molecule has 1 saturated carbocycles. The number of amides is 2. The number of nitrogens with one attached hydrogen (secondary N) is 2. The third-order valence-electron chi connectivity index (χ3n) is 4.25. The second-order valence-corrected chi connectivity index (χ2v) is 7.75. The van der Waals surface area contributed by atoms with E-state index < -0.39 is 6.03 Å². The third-order valence-corrected chi connectivity index (χ3v) is 5.94. The predicted octanol–water partition coefficient (Wildman–Crippen LogP) is 5.81. The minimum absolute atomic E-state index is 0.305. The Morgan fingerprint density at radius 1 is 1.24 bits per heavy atom. The summed E-state index contributed by atoms with van der Waals surface area (Å²) in [5.41, 5.74) is 7.99. The molecular formula is C17H16Cl2N4OS. The van der Waals surface area contributed by atoms with Crippen molar-refractivity contribution in [1.82, 2.24) is 0 Å². The number of carbonyl (C=O) groups is 1. The zero-order chi connectivity index (χ0) is 18.0. The van der Waals surface area contributed by atoms with E-state index in [2.05, 4.69) is 16.7 Å². The maximum atomic E-state index is 12.2. The van der Waals surface area contributed by atoms with E-state index >= 15 is 0 Å². The van der Waals surface area contributed by atoms with Crippen molar-refractivity contribution in [3.05, 3.63) is 39.4 Å². The molecular weight excluding hydrogens is 379 g/mol. The molecule has 25 heavy (non-hydrogen) atoms. The summed E-state index contributed by atoms with van der Waals surface area (Å²) in [5, 5.41) is 16.8. The summed E-state index contributed by atoms with van der Waals surface area (Å²) in [4.78, 5) is 12.2. The Kier molecular flexibility index (Phi) is 5.38. The molecule has 0 bridgehead atoms. The maximum absolute atomic E-state index is 12.2. The largest absolute Gasteiger partial charge is 0.390 e. The number of nitrogens with zero attached hydrogens (tertiary/aromatic N) is 1. The van der Waals surface area contributed by atoms with Crippen LogP contribution in [-0.2, 0) is 0 Å². The quantitative estimate of drug-likeness (QED) is 0.612. The van der Waals surface area contributed by atoms with E-state index in [1.54, 1.807) is 18.2 Å². The number of nitrogens with two attached hydrogens (primary N) is 1. The second kappa shape index (κ2) is 7.52. The Hall–Kier alpha value is -1.94. The van der Waals surface area contributed by atoms with Crippen LogP contribution in [0.15, 0.2) is 18.2 Å². The summed E-state index contributed by atoms with van der Waals surface area (Å²) in [7, 11) is 0. The average molecular weight is 395 g/mol. The van der Waals surface area contributed by atoms with Crippen LogP contribution >= 0.6 is 34.5 Å². The fourth-order valence-electron chi connectivity index (χ4n) is 3.12. The topological polar surface area (TPSA) is 90.9 Å². The molecule has 0 spiro atoms. The number of hydrogen-bond donors (Lipinski definition) is 3. The van der Waals surface area contributed by atoms with Gasteiger partial charge in [-0.1, -0.05) is 47.4 Å². The summed E-state index contributed by atoms with van der Waals surface area (Å²) in [6.45, 7) is 0. The Morgan fingerprint density at radius 2 is 1.96 bits per heavy atom. The number of rotatable bonds is 3. The summed E-state index contributed by atoms with van der Waals surface area (Å²) in [5.74, 6) is 0.305. The zero-order valence-electron chi connectivity index (χ0n) is 13.2. The summed E-state index contributed by atoms with van der Waals surface area (Å²) in [6.07, 6.45) is 4.35. The maximum Gasteiger partial charge on any atom is 0.324 e. The fraction of sp³-hybridized carbons (Fsp3) is 0.294. The Bertz CT molecular complexity index is 853. The molecule has 2 aromatic rings. The van der Waals surface area contributed by atoms with Crippen molar-refractivity contribution in [3.8, 4) is 6.07 Å². The van der Waals surface area contributed by atoms with E-state index in [4.69, 9.17) is 28.9 Å². The number of nitriles is 1. The number of carbonyl (C=O) groups excluding carboxylic acids is 1. The van der Waals surface area contributed by atoms with Gasteiger partial charge in [-0.05, 0) is 37.0 Å². The Balaban J connectivity index is 1.78. The first-order valence-electron chi connectivity index (χ1n) is 7.85. The van der Waals surface area contributed by atoms with E-state index in [1.165, 1.54) is 11.3 Å². The number of nitrogen functional groups attached to an aromatic ring is 1. The van der Waals surface area contributed by atoms with Gasteiger partial charge in [-0.2, -0.15) is 5.26 Å². The zero-order valence-corrected chi connectivity index (χ0v) is 15.6. The van der Waals surface area contributed by atoms with Gasteiger partial charge in [-0.25, -0.2) is 4.79 Å². The summed E-state index contributed by atoms with van der Waals surface area (Å²) >= 11 is 13.0. The standard InChI is InChI=1S/C17H16Cl2N4OS/c18-12-6-5-10(7-13(12)19)22-17(24)23-16-11(8-20)14(15(21)25-16)9-3-1-2-4-9/h5-7,9H,1-4,21H2,(H2,22,23,24). The molecule has 1 aromatic heterocycles. The Labute approximate surface area is 159 Å². The molecule has 130 valence electrons. The SMILES string of the molecule is N#Cc1c(NC(=O)Nc2ccc(Cl)c(Cl)c2)sc(N)c1C1CCCC1. The van der Waals surface area contributed by atoms with E-state index in [0.29, 0.717) is 37.2 Å². The number of halogens is 2. The first-order chi connectivity index (χ1) is 12.0. The van der Waals surface area contributed by atoms with Crippen molar-refractivity contribution in [2.75, 3.05) is 16.4 Å². The van der Waals surface area contributed by atoms with Crippen molar-refractivity contribution in [2.24, 2.45) is 0 Å². The van der Waals surface area contributed by atoms with E-state index in [1.807, 2.05) is 0 Å². The van der Waals surface area contributed by atoms with Gasteiger partial charge in [0.05, 0.1) is 20.6 Å². The highest BCUT2D eigenvalue weighted by Crippen LogP contribution is 2.45. The molecule has 0 aliphatic heterocycles. The van der Waals surface area contributed by atoms with E-state index in [0.717, 1.165) is 31.2 Å². The summed E-state index contributed by atoms with van der Waals surface area (Å²) < 4.78 is 0. The van der Waals surface area contributed by atoms with Crippen LogP contribution in [-0.4, -0.2) is 6.03 Å². The minimum Gasteiger partial charge on any atom is -0.390 e. The average Bonchev–Trinajstić information content (AvgIpc) is 3.18. The minimum atomic E-state index is -0.464. The van der Waals surface area contributed by atoms with Crippen LogP contribution in [0.25, 0.3) is 0 Å². The fourth-order valence-corrected chi connectivity index (χ4v) is 4.42. The molecule has 0 radical (unpaired) electrons. The number of benzene rings is 1. The molecule has 0 unspecified atom stereocenters. The van der Waals surface area contributed by atoms with E-state index in [-0.39, 0.29) is 0 Å². The molecule has 1 aliphatic carbocycles. The van der Waals surface area contributed by atoms with Crippen LogP contribution in [0.2, 0.25) is 10.0 Å². The highest BCUT2D eigenvalue weighted by Gasteiger charge is 2.27. The van der Waals surface area contributed by atoms with Gasteiger partial charge in [-0.3, -0.25) is 5.32 Å².